The number of hydrogen-bond acceptors (Lipinski definition) is 5. The molecule has 0 aliphatic carbocycles. The van der Waals surface area contributed by atoms with Gasteiger partial charge in [-0.15, -0.1) is 0 Å². The molecule has 0 radical (unpaired) electrons. The topological polar surface area (TPSA) is 73.2 Å². The lowest BCUT2D eigenvalue weighted by molar-refractivity contribution is -0.115. The minimum absolute atomic E-state index is 0.0745. The molecule has 0 spiro atoms. The molecule has 1 rings (SSSR count). The van der Waals surface area contributed by atoms with Gasteiger partial charge in [-0.2, -0.15) is 5.26 Å². The Balaban J connectivity index is 2.99. The van der Waals surface area contributed by atoms with Gasteiger partial charge in [0.1, 0.15) is 11.9 Å². The van der Waals surface area contributed by atoms with Crippen molar-refractivity contribution in [2.45, 2.75) is 19.8 Å². The highest BCUT2D eigenvalue weighted by Crippen LogP contribution is 2.33. The Morgan fingerprint density at radius 3 is 2.72 bits per heavy atom. The summed E-state index contributed by atoms with van der Waals surface area (Å²) in [5.74, 6) is -1.22. The third-order valence-corrected chi connectivity index (χ3v) is 5.38. The standard InChI is InChI=1S/C17H17FIN3O2S/c1-11(10-20)17(24)7-5-4-6-13-8-14(18)15(21-12(2)23)9-16(13)22(3)25-19/h4-5,8-9H,1,6-7H2,2-3H3,(H,21,23). The lowest BCUT2D eigenvalue weighted by Crippen LogP contribution is -2.12. The van der Waals surface area contributed by atoms with E-state index in [1.165, 1.54) is 22.1 Å². The molecule has 0 bridgehead atoms. The van der Waals surface area contributed by atoms with E-state index >= 15 is 0 Å². The van der Waals surface area contributed by atoms with Crippen molar-refractivity contribution in [1.29, 1.82) is 5.26 Å². The van der Waals surface area contributed by atoms with Crippen LogP contribution in [0.5, 0.6) is 0 Å². The van der Waals surface area contributed by atoms with E-state index < -0.39 is 5.82 Å². The van der Waals surface area contributed by atoms with Crippen molar-refractivity contribution < 1.29 is 14.0 Å². The molecular weight excluding hydrogens is 456 g/mol. The number of rotatable bonds is 8. The van der Waals surface area contributed by atoms with Crippen molar-refractivity contribution in [3.05, 3.63) is 47.8 Å². The number of nitriles is 1. The van der Waals surface area contributed by atoms with Crippen LogP contribution in [-0.4, -0.2) is 18.7 Å². The number of nitrogens with one attached hydrogen (secondary N) is 1. The van der Waals surface area contributed by atoms with Gasteiger partial charge < -0.3 is 9.62 Å². The summed E-state index contributed by atoms with van der Waals surface area (Å²) in [5, 5.41) is 11.1. The number of benzene rings is 1. The van der Waals surface area contributed by atoms with Gasteiger partial charge in [0.2, 0.25) is 5.91 Å². The van der Waals surface area contributed by atoms with Crippen molar-refractivity contribution >= 4 is 53.4 Å². The van der Waals surface area contributed by atoms with Gasteiger partial charge in [0.25, 0.3) is 0 Å². The lowest BCUT2D eigenvalue weighted by atomic mass is 10.1. The lowest BCUT2D eigenvalue weighted by Gasteiger charge is -2.19. The zero-order chi connectivity index (χ0) is 19.0. The summed E-state index contributed by atoms with van der Waals surface area (Å²) in [4.78, 5) is 22.7. The Morgan fingerprint density at radius 1 is 1.48 bits per heavy atom. The average molecular weight is 473 g/mol. The van der Waals surface area contributed by atoms with Crippen LogP contribution in [-0.2, 0) is 16.0 Å². The van der Waals surface area contributed by atoms with E-state index in [1.807, 2.05) is 11.4 Å². The van der Waals surface area contributed by atoms with E-state index in [9.17, 15) is 14.0 Å². The van der Waals surface area contributed by atoms with Crippen molar-refractivity contribution in [2.75, 3.05) is 16.7 Å². The first kappa shape index (κ1) is 21.2. The van der Waals surface area contributed by atoms with Crippen LogP contribution in [0, 0.1) is 17.1 Å². The van der Waals surface area contributed by atoms with Gasteiger partial charge in [-0.25, -0.2) is 4.39 Å². The number of nitrogens with zero attached hydrogens (tertiary/aromatic N) is 2. The molecule has 0 fully saturated rings. The van der Waals surface area contributed by atoms with Gasteiger partial charge in [0.05, 0.1) is 16.9 Å². The van der Waals surface area contributed by atoms with Crippen LogP contribution in [0.25, 0.3) is 0 Å². The van der Waals surface area contributed by atoms with E-state index in [0.29, 0.717) is 12.0 Å². The molecule has 0 aliphatic heterocycles. The summed E-state index contributed by atoms with van der Waals surface area (Å²) < 4.78 is 16.0. The molecule has 0 unspecified atom stereocenters. The van der Waals surface area contributed by atoms with Crippen molar-refractivity contribution in [1.82, 2.24) is 0 Å². The Hall–Kier alpha value is -1.86. The maximum absolute atomic E-state index is 14.2. The van der Waals surface area contributed by atoms with E-state index in [2.05, 4.69) is 33.1 Å². The minimum atomic E-state index is -0.525. The monoisotopic (exact) mass is 473 g/mol. The van der Waals surface area contributed by atoms with Crippen LogP contribution < -0.4 is 9.62 Å². The van der Waals surface area contributed by atoms with E-state index in [-0.39, 0.29) is 29.4 Å². The van der Waals surface area contributed by atoms with Gasteiger partial charge in [0, 0.05) is 50.7 Å². The minimum Gasteiger partial charge on any atom is -0.324 e. The van der Waals surface area contributed by atoms with Crippen LogP contribution in [0.4, 0.5) is 15.8 Å². The quantitative estimate of drug-likeness (QED) is 0.200. The highest BCUT2D eigenvalue weighted by molar-refractivity contribution is 14.2. The molecule has 0 heterocycles. The van der Waals surface area contributed by atoms with Crippen LogP contribution in [0.2, 0.25) is 0 Å². The molecule has 8 heteroatoms. The van der Waals surface area contributed by atoms with Gasteiger partial charge in [-0.3, -0.25) is 9.59 Å². The third-order valence-electron chi connectivity index (χ3n) is 3.20. The fourth-order valence-corrected chi connectivity index (χ4v) is 2.85. The molecule has 1 aromatic rings. The van der Waals surface area contributed by atoms with Crippen LogP contribution in [0.15, 0.2) is 36.4 Å². The maximum Gasteiger partial charge on any atom is 0.221 e. The molecule has 1 N–H and O–H groups in total. The summed E-state index contributed by atoms with van der Waals surface area (Å²) in [5.41, 5.74) is 1.49. The summed E-state index contributed by atoms with van der Waals surface area (Å²) in [6.45, 7) is 4.68. The van der Waals surface area contributed by atoms with E-state index in [0.717, 1.165) is 5.69 Å². The highest BCUT2D eigenvalue weighted by Gasteiger charge is 2.13. The third kappa shape index (κ3) is 6.51. The highest BCUT2D eigenvalue weighted by atomic mass is 127. The molecule has 0 saturated heterocycles. The Morgan fingerprint density at radius 2 is 2.16 bits per heavy atom. The second kappa shape index (κ2) is 10.2. The normalized spacial score (nSPS) is 10.4. The van der Waals surface area contributed by atoms with Crippen LogP contribution in [0.3, 0.4) is 0 Å². The Labute approximate surface area is 162 Å². The number of amides is 1. The Bertz CT molecular complexity index is 759. The molecule has 5 nitrogen and oxygen atoms in total. The predicted octanol–water partition coefficient (Wildman–Crippen LogP) is 4.36. The summed E-state index contributed by atoms with van der Waals surface area (Å²) in [6.07, 6.45) is 3.85. The molecule has 132 valence electrons. The van der Waals surface area contributed by atoms with Gasteiger partial charge in [0.15, 0.2) is 5.78 Å². The molecule has 1 amide bonds. The van der Waals surface area contributed by atoms with Crippen LogP contribution >= 0.6 is 30.3 Å². The molecule has 0 saturated carbocycles. The molecule has 25 heavy (non-hydrogen) atoms. The zero-order valence-electron chi connectivity index (χ0n) is 13.8. The van der Waals surface area contributed by atoms with Gasteiger partial charge in [-0.05, 0) is 24.1 Å². The second-order valence-corrected chi connectivity index (χ2v) is 6.97. The number of hydrogen-bond donors (Lipinski definition) is 1. The maximum atomic E-state index is 14.2. The number of carbonyl (C=O) groups is 2. The summed E-state index contributed by atoms with van der Waals surface area (Å²) in [6, 6.07) is 4.66. The molecular formula is C17H17FIN3O2S. The fraction of sp³-hybridized carbons (Fsp3) is 0.235. The predicted molar refractivity (Wildman–Crippen MR) is 108 cm³/mol. The van der Waals surface area contributed by atoms with Crippen molar-refractivity contribution in [3.63, 3.8) is 0 Å². The summed E-state index contributed by atoms with van der Waals surface area (Å²) >= 11 is 2.10. The molecule has 0 atom stereocenters. The van der Waals surface area contributed by atoms with Gasteiger partial charge >= 0.3 is 0 Å². The largest absolute Gasteiger partial charge is 0.324 e. The fourth-order valence-electron chi connectivity index (χ4n) is 1.97. The van der Waals surface area contributed by atoms with Crippen molar-refractivity contribution in [3.8, 4) is 6.07 Å². The smallest absolute Gasteiger partial charge is 0.221 e. The Kier molecular flexibility index (Phi) is 8.65. The first-order valence-electron chi connectivity index (χ1n) is 7.19. The summed E-state index contributed by atoms with van der Waals surface area (Å²) in [7, 11) is 3.25. The zero-order valence-corrected chi connectivity index (χ0v) is 16.8. The number of allylic oxidation sites excluding steroid dienone is 3. The van der Waals surface area contributed by atoms with Crippen LogP contribution in [0.1, 0.15) is 18.9 Å². The number of Topliss-reactive ketones (excluding diaryl/α,β-unsaturated/α-hetero) is 1. The number of carbonyl (C=O) groups excluding carboxylic acids is 2. The molecule has 0 aromatic heterocycles. The molecule has 1 aromatic carbocycles. The first-order chi connectivity index (χ1) is 11.8. The first-order valence-corrected chi connectivity index (χ1v) is 10.5. The number of halogens is 2. The van der Waals surface area contributed by atoms with E-state index in [1.54, 1.807) is 24.3 Å². The molecule has 0 aliphatic rings. The van der Waals surface area contributed by atoms with Gasteiger partial charge in [-0.1, -0.05) is 18.7 Å². The SMILES string of the molecule is C=C(C#N)C(=O)CC=CCc1cc(F)c(NC(C)=O)cc1N(C)SI. The average Bonchev–Trinajstić information content (AvgIpc) is 2.58. The number of ketones is 1. The second-order valence-electron chi connectivity index (χ2n) is 5.10. The van der Waals surface area contributed by atoms with Crippen molar-refractivity contribution in [2.24, 2.45) is 0 Å². The van der Waals surface area contributed by atoms with E-state index in [4.69, 9.17) is 5.26 Å². The number of anilines is 2.